The normalized spacial score (nSPS) is 10.3. The maximum Gasteiger partial charge on any atom is 0.148 e. The van der Waals surface area contributed by atoms with Crippen molar-refractivity contribution in [1.82, 2.24) is 0 Å². The number of anilines is 2. The molecule has 0 amide bonds. The van der Waals surface area contributed by atoms with Crippen molar-refractivity contribution in [3.8, 4) is 0 Å². The maximum atomic E-state index is 13.4. The summed E-state index contributed by atoms with van der Waals surface area (Å²) in [6.07, 6.45) is 0.910. The Bertz CT molecular complexity index is 511. The summed E-state index contributed by atoms with van der Waals surface area (Å²) in [7, 11) is 1.92. The molecule has 2 N–H and O–H groups in total. The van der Waals surface area contributed by atoms with Crippen molar-refractivity contribution >= 4 is 11.4 Å². The second-order valence-corrected chi connectivity index (χ2v) is 4.33. The van der Waals surface area contributed by atoms with Crippen LogP contribution in [0.3, 0.4) is 0 Å². The van der Waals surface area contributed by atoms with Gasteiger partial charge >= 0.3 is 0 Å². The quantitative estimate of drug-likeness (QED) is 0.837. The van der Waals surface area contributed by atoms with Gasteiger partial charge in [-0.3, -0.25) is 0 Å². The van der Waals surface area contributed by atoms with Crippen molar-refractivity contribution in [2.24, 2.45) is 0 Å². The van der Waals surface area contributed by atoms with E-state index < -0.39 is 0 Å². The van der Waals surface area contributed by atoms with Crippen LogP contribution in [0.1, 0.15) is 5.56 Å². The van der Waals surface area contributed by atoms with Crippen molar-refractivity contribution in [2.75, 3.05) is 24.2 Å². The third-order valence-electron chi connectivity index (χ3n) is 3.02. The molecule has 3 heteroatoms. The number of para-hydroxylation sites is 1. The van der Waals surface area contributed by atoms with E-state index in [1.54, 1.807) is 6.07 Å². The predicted molar refractivity (Wildman–Crippen MR) is 74.2 cm³/mol. The van der Waals surface area contributed by atoms with Gasteiger partial charge in [-0.1, -0.05) is 36.4 Å². The molecule has 0 saturated carbocycles. The minimum Gasteiger partial charge on any atom is -0.395 e. The highest BCUT2D eigenvalue weighted by molar-refractivity contribution is 5.67. The van der Waals surface area contributed by atoms with Crippen LogP contribution in [-0.4, -0.2) is 13.6 Å². The van der Waals surface area contributed by atoms with Crippen LogP contribution in [0.5, 0.6) is 0 Å². The molecule has 0 spiro atoms. The van der Waals surface area contributed by atoms with Crippen LogP contribution in [0.25, 0.3) is 0 Å². The first-order chi connectivity index (χ1) is 8.68. The summed E-state index contributed by atoms with van der Waals surface area (Å²) < 4.78 is 13.4. The minimum absolute atomic E-state index is 0.216. The fourth-order valence-corrected chi connectivity index (χ4v) is 1.92. The van der Waals surface area contributed by atoms with E-state index in [9.17, 15) is 4.39 Å². The first-order valence-corrected chi connectivity index (χ1v) is 5.97. The summed E-state index contributed by atoms with van der Waals surface area (Å²) in [6.45, 7) is 0.803. The molecule has 0 heterocycles. The monoisotopic (exact) mass is 244 g/mol. The predicted octanol–water partition coefficient (Wildman–Crippen LogP) is 3.09. The van der Waals surface area contributed by atoms with Crippen molar-refractivity contribution in [3.63, 3.8) is 0 Å². The van der Waals surface area contributed by atoms with Gasteiger partial charge in [0.1, 0.15) is 5.82 Å². The van der Waals surface area contributed by atoms with Gasteiger partial charge in [0.15, 0.2) is 0 Å². The van der Waals surface area contributed by atoms with Crippen LogP contribution in [0, 0.1) is 5.82 Å². The molecular weight excluding hydrogens is 227 g/mol. The minimum atomic E-state index is -0.362. The highest BCUT2D eigenvalue weighted by Crippen LogP contribution is 2.24. The van der Waals surface area contributed by atoms with Crippen molar-refractivity contribution < 1.29 is 4.39 Å². The van der Waals surface area contributed by atoms with E-state index in [1.165, 1.54) is 11.6 Å². The molecule has 0 bridgehead atoms. The molecule has 2 nitrogen and oxygen atoms in total. The standard InChI is InChI=1S/C15H17FN2/c1-18(11-10-12-6-3-2-4-7-12)14-9-5-8-13(16)15(14)17/h2-9H,10-11,17H2,1H3. The van der Waals surface area contributed by atoms with Crippen molar-refractivity contribution in [1.29, 1.82) is 0 Å². The number of nitrogen functional groups attached to an aromatic ring is 1. The lowest BCUT2D eigenvalue weighted by Crippen LogP contribution is -2.21. The van der Waals surface area contributed by atoms with Gasteiger partial charge in [0.05, 0.1) is 11.4 Å². The summed E-state index contributed by atoms with van der Waals surface area (Å²) in [6, 6.07) is 15.1. The van der Waals surface area contributed by atoms with E-state index in [4.69, 9.17) is 5.73 Å². The van der Waals surface area contributed by atoms with Crippen molar-refractivity contribution in [3.05, 3.63) is 59.9 Å². The molecule has 0 unspecified atom stereocenters. The van der Waals surface area contributed by atoms with E-state index >= 15 is 0 Å². The molecule has 2 rings (SSSR count). The van der Waals surface area contributed by atoms with E-state index in [0.717, 1.165) is 18.7 Å². The summed E-state index contributed by atoms with van der Waals surface area (Å²) in [4.78, 5) is 1.98. The third kappa shape index (κ3) is 2.80. The Morgan fingerprint density at radius 2 is 1.78 bits per heavy atom. The smallest absolute Gasteiger partial charge is 0.148 e. The Labute approximate surface area is 107 Å². The zero-order chi connectivity index (χ0) is 13.0. The molecule has 0 aliphatic carbocycles. The molecule has 2 aromatic carbocycles. The molecule has 0 aliphatic rings. The van der Waals surface area contributed by atoms with Crippen LogP contribution in [0.4, 0.5) is 15.8 Å². The van der Waals surface area contributed by atoms with Crippen LogP contribution in [0.2, 0.25) is 0 Å². The molecule has 0 radical (unpaired) electrons. The zero-order valence-corrected chi connectivity index (χ0v) is 10.4. The average Bonchev–Trinajstić information content (AvgIpc) is 2.40. The number of rotatable bonds is 4. The summed E-state index contributed by atoms with van der Waals surface area (Å²) in [5.74, 6) is -0.362. The molecule has 0 saturated heterocycles. The van der Waals surface area contributed by atoms with Gasteiger partial charge < -0.3 is 10.6 Å². The Morgan fingerprint density at radius 1 is 1.06 bits per heavy atom. The molecule has 0 aliphatic heterocycles. The molecule has 94 valence electrons. The topological polar surface area (TPSA) is 29.3 Å². The van der Waals surface area contributed by atoms with Crippen LogP contribution in [-0.2, 0) is 6.42 Å². The fraction of sp³-hybridized carbons (Fsp3) is 0.200. The highest BCUT2D eigenvalue weighted by atomic mass is 19.1. The van der Waals surface area contributed by atoms with Gasteiger partial charge in [0.25, 0.3) is 0 Å². The maximum absolute atomic E-state index is 13.4. The highest BCUT2D eigenvalue weighted by Gasteiger charge is 2.08. The lowest BCUT2D eigenvalue weighted by molar-refractivity contribution is 0.632. The Balaban J connectivity index is 2.04. The molecular formula is C15H17FN2. The number of nitrogens with zero attached hydrogens (tertiary/aromatic N) is 1. The zero-order valence-electron chi connectivity index (χ0n) is 10.4. The number of benzene rings is 2. The Hall–Kier alpha value is -2.03. The van der Waals surface area contributed by atoms with Gasteiger partial charge in [0, 0.05) is 13.6 Å². The number of nitrogens with two attached hydrogens (primary N) is 1. The number of hydrogen-bond donors (Lipinski definition) is 1. The van der Waals surface area contributed by atoms with E-state index in [2.05, 4.69) is 12.1 Å². The summed E-state index contributed by atoms with van der Waals surface area (Å²) in [5, 5.41) is 0. The summed E-state index contributed by atoms with van der Waals surface area (Å²) >= 11 is 0. The van der Waals surface area contributed by atoms with Crippen LogP contribution < -0.4 is 10.6 Å². The van der Waals surface area contributed by atoms with E-state index in [-0.39, 0.29) is 11.5 Å². The average molecular weight is 244 g/mol. The lowest BCUT2D eigenvalue weighted by atomic mass is 10.1. The number of likely N-dealkylation sites (N-methyl/N-ethyl adjacent to an activating group) is 1. The molecule has 0 atom stereocenters. The van der Waals surface area contributed by atoms with Gasteiger partial charge in [0.2, 0.25) is 0 Å². The van der Waals surface area contributed by atoms with Crippen LogP contribution in [0.15, 0.2) is 48.5 Å². The SMILES string of the molecule is CN(CCc1ccccc1)c1cccc(F)c1N. The molecule has 2 aromatic rings. The fourth-order valence-electron chi connectivity index (χ4n) is 1.92. The number of halogens is 1. The van der Waals surface area contributed by atoms with Gasteiger partial charge in [-0.25, -0.2) is 4.39 Å². The van der Waals surface area contributed by atoms with Gasteiger partial charge in [-0.15, -0.1) is 0 Å². The Kier molecular flexibility index (Phi) is 3.82. The van der Waals surface area contributed by atoms with Gasteiger partial charge in [-0.05, 0) is 24.1 Å². The first-order valence-electron chi connectivity index (χ1n) is 5.97. The second kappa shape index (κ2) is 5.54. The third-order valence-corrected chi connectivity index (χ3v) is 3.02. The molecule has 0 aromatic heterocycles. The summed E-state index contributed by atoms with van der Waals surface area (Å²) in [5.41, 5.74) is 7.96. The Morgan fingerprint density at radius 3 is 2.50 bits per heavy atom. The number of hydrogen-bond acceptors (Lipinski definition) is 2. The largest absolute Gasteiger partial charge is 0.395 e. The second-order valence-electron chi connectivity index (χ2n) is 4.33. The van der Waals surface area contributed by atoms with Crippen molar-refractivity contribution in [2.45, 2.75) is 6.42 Å². The van der Waals surface area contributed by atoms with E-state index in [0.29, 0.717) is 0 Å². The molecule has 0 fully saturated rings. The van der Waals surface area contributed by atoms with E-state index in [1.807, 2.05) is 36.2 Å². The first kappa shape index (κ1) is 12.4. The lowest BCUT2D eigenvalue weighted by Gasteiger charge is -2.21. The van der Waals surface area contributed by atoms with Gasteiger partial charge in [-0.2, -0.15) is 0 Å². The van der Waals surface area contributed by atoms with Crippen LogP contribution >= 0.6 is 0 Å². The molecule has 18 heavy (non-hydrogen) atoms.